The molecule has 2 fully saturated rings. The van der Waals surface area contributed by atoms with E-state index in [4.69, 9.17) is 14.7 Å². The highest BCUT2D eigenvalue weighted by molar-refractivity contribution is 7.49. The van der Waals surface area contributed by atoms with Crippen molar-refractivity contribution in [1.29, 1.82) is 0 Å². The van der Waals surface area contributed by atoms with Gasteiger partial charge in [-0.25, -0.2) is 9.37 Å². The van der Waals surface area contributed by atoms with Gasteiger partial charge in [-0.1, -0.05) is 28.5 Å². The summed E-state index contributed by atoms with van der Waals surface area (Å²) in [5.41, 5.74) is 3.12. The van der Waals surface area contributed by atoms with Gasteiger partial charge in [0, 0.05) is 61.5 Å². The summed E-state index contributed by atoms with van der Waals surface area (Å²) < 4.78 is 21.4. The van der Waals surface area contributed by atoms with E-state index in [2.05, 4.69) is 38.7 Å². The highest BCUT2D eigenvalue weighted by atomic mass is 31.1. The van der Waals surface area contributed by atoms with Gasteiger partial charge in [0.05, 0.1) is 29.9 Å². The maximum atomic E-state index is 13.9. The number of benzene rings is 2. The summed E-state index contributed by atoms with van der Waals surface area (Å²) in [5.74, 6) is 0.994. The molecule has 0 spiro atoms. The quantitative estimate of drug-likeness (QED) is 0.208. The molecule has 3 aliphatic heterocycles. The number of carbonyl (C=O) groups excluding carboxylic acids is 2. The van der Waals surface area contributed by atoms with Crippen LogP contribution in [0.5, 0.6) is 5.75 Å². The van der Waals surface area contributed by atoms with Crippen molar-refractivity contribution >= 4 is 43.1 Å². The first kappa shape index (κ1) is 33.4. The number of imidazole rings is 1. The molecule has 9 nitrogen and oxygen atoms in total. The van der Waals surface area contributed by atoms with Crippen molar-refractivity contribution in [2.75, 3.05) is 39.8 Å². The number of aliphatic imine (C=N–C) groups is 1. The minimum absolute atomic E-state index is 0.0376. The molecule has 0 radical (unpaired) electrons. The fourth-order valence-corrected chi connectivity index (χ4v) is 9.65. The van der Waals surface area contributed by atoms with E-state index in [0.717, 1.165) is 66.7 Å². The summed E-state index contributed by atoms with van der Waals surface area (Å²) in [6, 6.07) is 15.9. The van der Waals surface area contributed by atoms with Crippen molar-refractivity contribution in [2.24, 2.45) is 4.99 Å². The number of piperazine rings is 1. The van der Waals surface area contributed by atoms with Crippen molar-refractivity contribution in [3.05, 3.63) is 77.9 Å². The molecule has 4 aromatic rings. The van der Waals surface area contributed by atoms with Gasteiger partial charge in [-0.05, 0) is 86.8 Å². The number of fused-ring (bicyclic) bond motifs is 3. The Labute approximate surface area is 288 Å². The Balaban J connectivity index is 1.03. The number of halogens is 1. The van der Waals surface area contributed by atoms with Gasteiger partial charge in [0.2, 0.25) is 0 Å². The average Bonchev–Trinajstić information content (AvgIpc) is 3.69. The number of nitrogens with zero attached hydrogens (tertiary/aromatic N) is 6. The lowest BCUT2D eigenvalue weighted by molar-refractivity contribution is 0.0346. The highest BCUT2D eigenvalue weighted by Crippen LogP contribution is 2.43. The summed E-state index contributed by atoms with van der Waals surface area (Å²) in [7, 11) is 2.12. The van der Waals surface area contributed by atoms with E-state index in [1.54, 1.807) is 19.2 Å². The van der Waals surface area contributed by atoms with Gasteiger partial charge in [0.25, 0.3) is 11.8 Å². The fraction of sp³-hybridized carbons (Fsp3) is 0.421. The van der Waals surface area contributed by atoms with Gasteiger partial charge in [0.15, 0.2) is 5.69 Å². The van der Waals surface area contributed by atoms with Crippen molar-refractivity contribution in [3.8, 4) is 17.1 Å². The van der Waals surface area contributed by atoms with Gasteiger partial charge in [-0.15, -0.1) is 0 Å². The molecule has 0 saturated carbocycles. The van der Waals surface area contributed by atoms with Gasteiger partial charge < -0.3 is 14.5 Å². The van der Waals surface area contributed by atoms with E-state index in [1.165, 1.54) is 12.1 Å². The predicted molar refractivity (Wildman–Crippen MR) is 194 cm³/mol. The number of pyridine rings is 1. The first-order valence-electron chi connectivity index (χ1n) is 17.1. The number of ether oxygens (including phenoxy) is 1. The second-order valence-electron chi connectivity index (χ2n) is 14.6. The van der Waals surface area contributed by atoms with Crippen LogP contribution in [0.3, 0.4) is 0 Å². The van der Waals surface area contributed by atoms with Crippen LogP contribution in [-0.4, -0.2) is 98.7 Å². The van der Waals surface area contributed by atoms with E-state index >= 15 is 0 Å². The number of amides is 2. The number of hydrogen-bond donors (Lipinski definition) is 0. The monoisotopic (exact) mass is 682 g/mol. The topological polar surface area (TPSA) is 82.8 Å². The summed E-state index contributed by atoms with van der Waals surface area (Å²) in [5, 5.41) is 1.01. The van der Waals surface area contributed by atoms with Crippen molar-refractivity contribution in [1.82, 2.24) is 24.1 Å². The van der Waals surface area contributed by atoms with Gasteiger partial charge in [-0.2, -0.15) is 0 Å². The van der Waals surface area contributed by atoms with Gasteiger partial charge in [0.1, 0.15) is 17.4 Å². The zero-order chi connectivity index (χ0) is 34.5. The number of aromatic nitrogens is 2. The predicted octanol–water partition coefficient (Wildman–Crippen LogP) is 6.18. The molecule has 2 aromatic carbocycles. The second-order valence-corrected chi connectivity index (χ2v) is 16.7. The summed E-state index contributed by atoms with van der Waals surface area (Å²) in [6.45, 7) is 12.7. The zero-order valence-electron chi connectivity index (χ0n) is 28.9. The number of carbonyl (C=O) groups is 2. The molecule has 2 atom stereocenters. The summed E-state index contributed by atoms with van der Waals surface area (Å²) >= 11 is 0. The van der Waals surface area contributed by atoms with Crippen LogP contribution in [0.2, 0.25) is 0 Å². The fourth-order valence-electron chi connectivity index (χ4n) is 7.90. The Morgan fingerprint density at radius 3 is 2.51 bits per heavy atom. The minimum atomic E-state index is -0.313. The lowest BCUT2D eigenvalue weighted by Gasteiger charge is -2.47. The number of rotatable bonds is 8. The number of hydrogen-bond acceptors (Lipinski definition) is 6. The molecule has 256 valence electrons. The molecule has 49 heavy (non-hydrogen) atoms. The van der Waals surface area contributed by atoms with Gasteiger partial charge >= 0.3 is 0 Å². The molecule has 5 heterocycles. The third-order valence-electron chi connectivity index (χ3n) is 10.1. The van der Waals surface area contributed by atoms with Crippen LogP contribution < -0.4 is 10.0 Å². The minimum Gasteiger partial charge on any atom is -0.496 e. The molecule has 0 N–H and O–H groups in total. The Bertz CT molecular complexity index is 1930. The Morgan fingerprint density at radius 1 is 1.02 bits per heavy atom. The van der Waals surface area contributed by atoms with Crippen LogP contribution in [-0.2, 0) is 0 Å². The summed E-state index contributed by atoms with van der Waals surface area (Å²) in [4.78, 5) is 43.1. The molecule has 2 unspecified atom stereocenters. The Hall–Kier alpha value is -4.14. The third kappa shape index (κ3) is 6.49. The lowest BCUT2D eigenvalue weighted by atomic mass is 9.89. The number of methoxy groups -OCH3 is 1. The largest absolute Gasteiger partial charge is 0.496 e. The van der Waals surface area contributed by atoms with Crippen LogP contribution in [0.25, 0.3) is 16.9 Å². The molecule has 2 saturated heterocycles. The molecular weight excluding hydrogens is 638 g/mol. The second kappa shape index (κ2) is 13.0. The maximum Gasteiger partial charge on any atom is 0.274 e. The highest BCUT2D eigenvalue weighted by Gasteiger charge is 2.38. The molecule has 0 aliphatic carbocycles. The summed E-state index contributed by atoms with van der Waals surface area (Å²) in [6.07, 6.45) is 6.71. The molecule has 3 aliphatic rings. The van der Waals surface area contributed by atoms with E-state index in [-0.39, 0.29) is 34.4 Å². The van der Waals surface area contributed by atoms with E-state index in [0.29, 0.717) is 38.8 Å². The van der Waals surface area contributed by atoms with Crippen molar-refractivity contribution in [3.63, 3.8) is 0 Å². The SMILES string of the molecule is COc1cc2c(cc1PC(C)(C)CC(C)(C)N1CCN(C(=O)c3nc(-c4ccc(F)cc4)n4ccccc34)CC1)N=CC1CCCN1C2=O. The van der Waals surface area contributed by atoms with Crippen LogP contribution in [0, 0.1) is 5.82 Å². The first-order chi connectivity index (χ1) is 23.4. The zero-order valence-corrected chi connectivity index (χ0v) is 29.9. The molecule has 7 rings (SSSR count). The molecule has 11 heteroatoms. The Morgan fingerprint density at radius 2 is 1.78 bits per heavy atom. The van der Waals surface area contributed by atoms with E-state index in [9.17, 15) is 14.0 Å². The van der Waals surface area contributed by atoms with Gasteiger partial charge in [-0.3, -0.25) is 23.9 Å². The first-order valence-corrected chi connectivity index (χ1v) is 18.1. The average molecular weight is 683 g/mol. The van der Waals surface area contributed by atoms with Crippen molar-refractivity contribution < 1.29 is 18.7 Å². The van der Waals surface area contributed by atoms with Crippen LogP contribution >= 0.6 is 8.58 Å². The molecule has 2 aromatic heterocycles. The van der Waals surface area contributed by atoms with E-state index < -0.39 is 0 Å². The molecular formula is C38H44FN6O3P. The van der Waals surface area contributed by atoms with Crippen LogP contribution in [0.4, 0.5) is 10.1 Å². The lowest BCUT2D eigenvalue weighted by Crippen LogP contribution is -2.57. The smallest absolute Gasteiger partial charge is 0.274 e. The van der Waals surface area contributed by atoms with Crippen LogP contribution in [0.1, 0.15) is 67.8 Å². The van der Waals surface area contributed by atoms with Crippen molar-refractivity contribution in [2.45, 2.75) is 63.7 Å². The van der Waals surface area contributed by atoms with E-state index in [1.807, 2.05) is 50.9 Å². The van der Waals surface area contributed by atoms with Crippen LogP contribution in [0.15, 0.2) is 65.8 Å². The molecule has 2 amide bonds. The third-order valence-corrected chi connectivity index (χ3v) is 11.6. The standard InChI is InChI=1S/C38H44FN6O3P/c1-37(2,24-38(3,4)49-32-22-29-28(21-31(32)48-5)35(46)44-16-8-9-27(44)23-40-29)43-19-17-42(18-20-43)36(47)33-30-10-6-7-15-45(30)34(41-33)25-11-13-26(39)14-12-25/h6-7,10-15,21-23,27,49H,8-9,16-20,24H2,1-5H3. The molecule has 0 bridgehead atoms. The normalized spacial score (nSPS) is 18.7. The Kier molecular flexibility index (Phi) is 8.82. The maximum absolute atomic E-state index is 13.9.